The first-order valence-corrected chi connectivity index (χ1v) is 6.58. The lowest BCUT2D eigenvalue weighted by atomic mass is 10.1. The van der Waals surface area contributed by atoms with Gasteiger partial charge in [0.1, 0.15) is 0 Å². The normalized spacial score (nSPS) is 10.8. The fourth-order valence-corrected chi connectivity index (χ4v) is 2.00. The molecule has 3 rings (SSSR count). The molecule has 0 saturated heterocycles. The van der Waals surface area contributed by atoms with Crippen LogP contribution < -0.4 is 0 Å². The number of furan rings is 1. The fraction of sp³-hybridized carbons (Fsp3) is 0.154. The van der Waals surface area contributed by atoms with Crippen LogP contribution in [-0.2, 0) is 12.8 Å². The molecule has 0 fully saturated rings. The van der Waals surface area contributed by atoms with Crippen molar-refractivity contribution in [2.45, 2.75) is 12.8 Å². The minimum atomic E-state index is 0.468. The molecule has 6 heteroatoms. The second-order valence-electron chi connectivity index (χ2n) is 3.97. The van der Waals surface area contributed by atoms with Crippen molar-refractivity contribution < 1.29 is 8.94 Å². The zero-order valence-corrected chi connectivity index (χ0v) is 11.5. The average Bonchev–Trinajstić information content (AvgIpc) is 3.06. The van der Waals surface area contributed by atoms with Gasteiger partial charge in [0.15, 0.2) is 10.4 Å². The Morgan fingerprint density at radius 2 is 1.89 bits per heavy atom. The van der Waals surface area contributed by atoms with Crippen LogP contribution in [0, 0.1) is 0 Å². The van der Waals surface area contributed by atoms with Gasteiger partial charge in [0.2, 0.25) is 11.7 Å². The van der Waals surface area contributed by atoms with Crippen molar-refractivity contribution in [3.05, 3.63) is 52.8 Å². The molecule has 0 aromatic carbocycles. The van der Waals surface area contributed by atoms with E-state index in [1.165, 1.54) is 5.56 Å². The fourth-order valence-electron chi connectivity index (χ4n) is 1.69. The van der Waals surface area contributed by atoms with Crippen LogP contribution in [0.5, 0.6) is 0 Å². The molecule has 3 aromatic heterocycles. The molecule has 0 atom stereocenters. The molecular formula is C13H10BrN3O2. The predicted molar refractivity (Wildman–Crippen MR) is 71.3 cm³/mol. The maximum absolute atomic E-state index is 5.37. The highest BCUT2D eigenvalue weighted by molar-refractivity contribution is 9.10. The molecule has 0 spiro atoms. The topological polar surface area (TPSA) is 65.0 Å². The van der Waals surface area contributed by atoms with Crippen molar-refractivity contribution >= 4 is 15.9 Å². The lowest BCUT2D eigenvalue weighted by Crippen LogP contribution is -1.91. The van der Waals surface area contributed by atoms with E-state index < -0.39 is 0 Å². The number of hydrogen-bond acceptors (Lipinski definition) is 5. The minimum Gasteiger partial charge on any atom is -0.446 e. The van der Waals surface area contributed by atoms with Gasteiger partial charge in [-0.25, -0.2) is 0 Å². The summed E-state index contributed by atoms with van der Waals surface area (Å²) in [6, 6.07) is 7.53. The molecule has 0 aliphatic rings. The third-order valence-corrected chi connectivity index (χ3v) is 3.06. The Morgan fingerprint density at radius 3 is 2.63 bits per heavy atom. The van der Waals surface area contributed by atoms with Crippen molar-refractivity contribution in [2.24, 2.45) is 0 Å². The zero-order chi connectivity index (χ0) is 13.1. The summed E-state index contributed by atoms with van der Waals surface area (Å²) in [5.41, 5.74) is 1.19. The lowest BCUT2D eigenvalue weighted by Gasteiger charge is -1.95. The summed E-state index contributed by atoms with van der Waals surface area (Å²) >= 11 is 3.24. The van der Waals surface area contributed by atoms with Crippen LogP contribution in [0.4, 0.5) is 0 Å². The van der Waals surface area contributed by atoms with Gasteiger partial charge in [0.05, 0.1) is 0 Å². The zero-order valence-electron chi connectivity index (χ0n) is 9.91. The summed E-state index contributed by atoms with van der Waals surface area (Å²) in [7, 11) is 0. The van der Waals surface area contributed by atoms with Crippen LogP contribution in [0.15, 0.2) is 50.3 Å². The monoisotopic (exact) mass is 319 g/mol. The summed E-state index contributed by atoms with van der Waals surface area (Å²) in [5, 5.41) is 3.90. The molecule has 19 heavy (non-hydrogen) atoms. The summed E-state index contributed by atoms with van der Waals surface area (Å²) in [6.07, 6.45) is 5.08. The number of rotatable bonds is 4. The van der Waals surface area contributed by atoms with Crippen LogP contribution >= 0.6 is 15.9 Å². The third kappa shape index (κ3) is 2.90. The predicted octanol–water partition coefficient (Wildman–Crippen LogP) is 3.27. The van der Waals surface area contributed by atoms with Crippen molar-refractivity contribution in [2.75, 3.05) is 0 Å². The van der Waals surface area contributed by atoms with Gasteiger partial charge in [-0.1, -0.05) is 5.16 Å². The van der Waals surface area contributed by atoms with E-state index in [9.17, 15) is 0 Å². The molecule has 0 unspecified atom stereocenters. The first-order valence-electron chi connectivity index (χ1n) is 5.78. The third-order valence-electron chi connectivity index (χ3n) is 2.64. The number of aromatic nitrogens is 3. The molecule has 0 aliphatic heterocycles. The number of hydrogen-bond donors (Lipinski definition) is 0. The van der Waals surface area contributed by atoms with Gasteiger partial charge < -0.3 is 8.94 Å². The van der Waals surface area contributed by atoms with E-state index in [2.05, 4.69) is 31.1 Å². The molecule has 0 bridgehead atoms. The smallest absolute Gasteiger partial charge is 0.238 e. The van der Waals surface area contributed by atoms with Crippen molar-refractivity contribution in [1.29, 1.82) is 0 Å². The quantitative estimate of drug-likeness (QED) is 0.738. The Bertz CT molecular complexity index is 663. The Hall–Kier alpha value is -1.95. The van der Waals surface area contributed by atoms with E-state index >= 15 is 0 Å². The van der Waals surface area contributed by atoms with Crippen molar-refractivity contribution in [3.8, 4) is 11.6 Å². The van der Waals surface area contributed by atoms with E-state index in [0.29, 0.717) is 28.6 Å². The summed E-state index contributed by atoms with van der Waals surface area (Å²) in [5.74, 6) is 1.65. The number of pyridine rings is 1. The highest BCUT2D eigenvalue weighted by atomic mass is 79.9. The summed E-state index contributed by atoms with van der Waals surface area (Å²) in [4.78, 5) is 8.28. The van der Waals surface area contributed by atoms with Crippen LogP contribution in [0.2, 0.25) is 0 Å². The first kappa shape index (κ1) is 12.1. The number of aryl methyl sites for hydroxylation is 2. The molecule has 0 radical (unpaired) electrons. The highest BCUT2D eigenvalue weighted by Gasteiger charge is 2.11. The molecule has 0 N–H and O–H groups in total. The first-order chi connectivity index (χ1) is 9.31. The number of halogens is 1. The maximum Gasteiger partial charge on any atom is 0.238 e. The largest absolute Gasteiger partial charge is 0.446 e. The van der Waals surface area contributed by atoms with E-state index in [4.69, 9.17) is 8.94 Å². The second kappa shape index (κ2) is 5.36. The number of nitrogens with zero attached hydrogens (tertiary/aromatic N) is 3. The van der Waals surface area contributed by atoms with Crippen LogP contribution in [-0.4, -0.2) is 15.1 Å². The summed E-state index contributed by atoms with van der Waals surface area (Å²) < 4.78 is 11.2. The van der Waals surface area contributed by atoms with Gasteiger partial charge in [-0.3, -0.25) is 4.98 Å². The van der Waals surface area contributed by atoms with Gasteiger partial charge in [-0.05, 0) is 52.2 Å². The highest BCUT2D eigenvalue weighted by Crippen LogP contribution is 2.22. The minimum absolute atomic E-state index is 0.468. The van der Waals surface area contributed by atoms with Gasteiger partial charge in [-0.15, -0.1) is 0 Å². The molecule has 3 heterocycles. The molecule has 96 valence electrons. The molecule has 0 saturated carbocycles. The van der Waals surface area contributed by atoms with Gasteiger partial charge >= 0.3 is 0 Å². The SMILES string of the molecule is Brc1ccc(-c2noc(CCc3ccncc3)n2)o1. The maximum atomic E-state index is 5.37. The molecular weight excluding hydrogens is 310 g/mol. The van der Waals surface area contributed by atoms with Crippen LogP contribution in [0.25, 0.3) is 11.6 Å². The summed E-state index contributed by atoms with van der Waals surface area (Å²) in [6.45, 7) is 0. The van der Waals surface area contributed by atoms with Gasteiger partial charge in [0, 0.05) is 18.8 Å². The second-order valence-corrected chi connectivity index (χ2v) is 4.75. The van der Waals surface area contributed by atoms with Crippen molar-refractivity contribution in [3.63, 3.8) is 0 Å². The van der Waals surface area contributed by atoms with E-state index in [0.717, 1.165) is 6.42 Å². The van der Waals surface area contributed by atoms with Gasteiger partial charge in [0.25, 0.3) is 0 Å². The van der Waals surface area contributed by atoms with E-state index in [1.54, 1.807) is 24.5 Å². The molecule has 0 amide bonds. The Morgan fingerprint density at radius 1 is 1.05 bits per heavy atom. The van der Waals surface area contributed by atoms with Crippen molar-refractivity contribution in [1.82, 2.24) is 15.1 Å². The van der Waals surface area contributed by atoms with E-state index in [-0.39, 0.29) is 0 Å². The average molecular weight is 320 g/mol. The van der Waals surface area contributed by atoms with Gasteiger partial charge in [-0.2, -0.15) is 4.98 Å². The Labute approximate surface area is 117 Å². The van der Waals surface area contributed by atoms with Crippen LogP contribution in [0.1, 0.15) is 11.5 Å². The molecule has 5 nitrogen and oxygen atoms in total. The Kier molecular flexibility index (Phi) is 3.41. The Balaban J connectivity index is 1.68. The van der Waals surface area contributed by atoms with E-state index in [1.807, 2.05) is 12.1 Å². The molecule has 3 aromatic rings. The molecule has 0 aliphatic carbocycles. The lowest BCUT2D eigenvalue weighted by molar-refractivity contribution is 0.377. The van der Waals surface area contributed by atoms with Crippen LogP contribution in [0.3, 0.4) is 0 Å². The standard InChI is InChI=1S/C13H10BrN3O2/c14-11-3-2-10(18-11)13-16-12(19-17-13)4-1-9-5-7-15-8-6-9/h2-3,5-8H,1,4H2.